The number of halogens is 2. The van der Waals surface area contributed by atoms with Gasteiger partial charge in [0.25, 0.3) is 0 Å². The van der Waals surface area contributed by atoms with Crippen molar-refractivity contribution in [3.8, 4) is 11.1 Å². The Labute approximate surface area is 124 Å². The summed E-state index contributed by atoms with van der Waals surface area (Å²) >= 11 is 0. The van der Waals surface area contributed by atoms with E-state index >= 15 is 0 Å². The molecule has 2 aromatic rings. The van der Waals surface area contributed by atoms with Crippen molar-refractivity contribution >= 4 is 5.83 Å². The molecule has 0 N–H and O–H groups in total. The summed E-state index contributed by atoms with van der Waals surface area (Å²) in [6.07, 6.45) is 4.63. The minimum absolute atomic E-state index is 0.179. The van der Waals surface area contributed by atoms with Crippen LogP contribution in [0.15, 0.2) is 36.5 Å². The fourth-order valence-electron chi connectivity index (χ4n) is 2.33. The maximum absolute atomic E-state index is 13.7. The summed E-state index contributed by atoms with van der Waals surface area (Å²) in [5, 5.41) is 0. The molecule has 110 valence electrons. The summed E-state index contributed by atoms with van der Waals surface area (Å²) in [4.78, 5) is 4.19. The number of aryl methyl sites for hydroxylation is 2. The molecule has 1 nitrogen and oxygen atoms in total. The van der Waals surface area contributed by atoms with Crippen molar-refractivity contribution < 1.29 is 8.78 Å². The molecule has 0 radical (unpaired) electrons. The van der Waals surface area contributed by atoms with E-state index in [2.05, 4.69) is 4.98 Å². The molecule has 0 saturated heterocycles. The van der Waals surface area contributed by atoms with Gasteiger partial charge in [-0.2, -0.15) is 0 Å². The lowest BCUT2D eigenvalue weighted by atomic mass is 10.00. The predicted molar refractivity (Wildman–Crippen MR) is 83.1 cm³/mol. The van der Waals surface area contributed by atoms with Crippen molar-refractivity contribution in [3.63, 3.8) is 0 Å². The third-order valence-electron chi connectivity index (χ3n) is 3.46. The van der Waals surface area contributed by atoms with E-state index in [0.717, 1.165) is 23.1 Å². The molecular formula is C18H19F2N. The van der Waals surface area contributed by atoms with E-state index in [-0.39, 0.29) is 11.6 Å². The Hall–Kier alpha value is -2.03. The third kappa shape index (κ3) is 3.35. The number of rotatable bonds is 4. The predicted octanol–water partition coefficient (Wildman–Crippen LogP) is 5.48. The van der Waals surface area contributed by atoms with E-state index in [1.807, 2.05) is 26.0 Å². The number of allylic oxidation sites excluding steroid dienone is 1. The maximum Gasteiger partial charge on any atom is 0.144 e. The van der Waals surface area contributed by atoms with Crippen LogP contribution >= 0.6 is 0 Å². The molecular weight excluding hydrogens is 268 g/mol. The molecule has 0 bridgehead atoms. The highest BCUT2D eigenvalue weighted by Crippen LogP contribution is 2.26. The molecule has 3 heteroatoms. The van der Waals surface area contributed by atoms with Crippen molar-refractivity contribution in [2.24, 2.45) is 0 Å². The lowest BCUT2D eigenvalue weighted by molar-refractivity contribution is 0.607. The van der Waals surface area contributed by atoms with Crippen LogP contribution in [0, 0.1) is 12.7 Å². The fraction of sp³-hybridized carbons (Fsp3) is 0.278. The largest absolute Gasteiger partial charge is 0.253 e. The topological polar surface area (TPSA) is 12.9 Å². The van der Waals surface area contributed by atoms with Gasteiger partial charge in [0.1, 0.15) is 17.3 Å². The molecule has 0 aliphatic carbocycles. The Balaban J connectivity index is 2.43. The second kappa shape index (κ2) is 6.61. The first-order valence-corrected chi connectivity index (χ1v) is 7.14. The van der Waals surface area contributed by atoms with Crippen molar-refractivity contribution in [1.82, 2.24) is 4.98 Å². The summed E-state index contributed by atoms with van der Waals surface area (Å²) in [5.41, 5.74) is 3.61. The summed E-state index contributed by atoms with van der Waals surface area (Å²) in [7, 11) is 0. The van der Waals surface area contributed by atoms with Crippen LogP contribution in [-0.4, -0.2) is 4.98 Å². The lowest BCUT2D eigenvalue weighted by Gasteiger charge is -2.09. The second-order valence-electron chi connectivity index (χ2n) is 5.08. The molecule has 2 rings (SSSR count). The maximum atomic E-state index is 13.7. The van der Waals surface area contributed by atoms with E-state index in [0.29, 0.717) is 17.7 Å². The number of aromatic nitrogens is 1. The van der Waals surface area contributed by atoms with Gasteiger partial charge < -0.3 is 0 Å². The van der Waals surface area contributed by atoms with Crippen LogP contribution in [0.1, 0.15) is 37.1 Å². The molecule has 0 spiro atoms. The van der Waals surface area contributed by atoms with Gasteiger partial charge >= 0.3 is 0 Å². The van der Waals surface area contributed by atoms with Gasteiger partial charge in [-0.25, -0.2) is 8.78 Å². The Kier molecular flexibility index (Phi) is 4.84. The van der Waals surface area contributed by atoms with Gasteiger partial charge in [-0.15, -0.1) is 0 Å². The molecule has 0 aliphatic heterocycles. The van der Waals surface area contributed by atoms with Gasteiger partial charge in [-0.1, -0.05) is 19.4 Å². The quantitative estimate of drug-likeness (QED) is 0.725. The van der Waals surface area contributed by atoms with Gasteiger partial charge in [-0.3, -0.25) is 4.98 Å². The fourth-order valence-corrected chi connectivity index (χ4v) is 2.33. The Morgan fingerprint density at radius 1 is 1.24 bits per heavy atom. The molecule has 1 aromatic carbocycles. The summed E-state index contributed by atoms with van der Waals surface area (Å²) < 4.78 is 27.3. The molecule has 1 aromatic heterocycles. The summed E-state index contributed by atoms with van der Waals surface area (Å²) in [6, 6.07) is 6.95. The summed E-state index contributed by atoms with van der Waals surface area (Å²) in [6.45, 7) is 5.49. The van der Waals surface area contributed by atoms with E-state index < -0.39 is 0 Å². The monoisotopic (exact) mass is 287 g/mol. The smallest absolute Gasteiger partial charge is 0.144 e. The van der Waals surface area contributed by atoms with Crippen molar-refractivity contribution in [2.75, 3.05) is 0 Å². The van der Waals surface area contributed by atoms with Crippen molar-refractivity contribution in [1.29, 1.82) is 0 Å². The zero-order valence-electron chi connectivity index (χ0n) is 12.6. The normalized spacial score (nSPS) is 11.8. The summed E-state index contributed by atoms with van der Waals surface area (Å²) in [5.74, 6) is -0.508. The van der Waals surface area contributed by atoms with Crippen LogP contribution in [0.5, 0.6) is 0 Å². The Bertz CT molecular complexity index is 675. The Morgan fingerprint density at radius 2 is 2.00 bits per heavy atom. The molecule has 21 heavy (non-hydrogen) atoms. The minimum Gasteiger partial charge on any atom is -0.253 e. The van der Waals surface area contributed by atoms with Crippen LogP contribution in [-0.2, 0) is 6.42 Å². The minimum atomic E-state index is -0.329. The zero-order chi connectivity index (χ0) is 15.4. The van der Waals surface area contributed by atoms with E-state index in [9.17, 15) is 8.78 Å². The Morgan fingerprint density at radius 3 is 2.62 bits per heavy atom. The molecule has 0 atom stereocenters. The lowest BCUT2D eigenvalue weighted by Crippen LogP contribution is -1.94. The molecule has 1 heterocycles. The molecule has 0 saturated carbocycles. The highest BCUT2D eigenvalue weighted by atomic mass is 19.1. The van der Waals surface area contributed by atoms with Crippen LogP contribution < -0.4 is 0 Å². The van der Waals surface area contributed by atoms with Crippen LogP contribution in [0.2, 0.25) is 0 Å². The molecule has 0 aliphatic rings. The first kappa shape index (κ1) is 15.4. The number of pyridine rings is 1. The van der Waals surface area contributed by atoms with Crippen molar-refractivity contribution in [2.45, 2.75) is 33.6 Å². The van der Waals surface area contributed by atoms with E-state index in [4.69, 9.17) is 0 Å². The standard InChI is InChI=1S/C18H19F2N/c1-4-6-14-10-13(7-8-17(14)20)15-9-12(3)18(21-11-15)16(19)5-2/h5,7-11H,4,6H2,1-3H3/b16-5+. The molecule has 0 amide bonds. The zero-order valence-corrected chi connectivity index (χ0v) is 12.6. The first-order valence-electron chi connectivity index (χ1n) is 7.14. The SMILES string of the molecule is C/C=C(/F)c1ncc(-c2ccc(F)c(CCC)c2)cc1C. The van der Waals surface area contributed by atoms with Crippen LogP contribution in [0.25, 0.3) is 17.0 Å². The number of nitrogens with zero attached hydrogens (tertiary/aromatic N) is 1. The van der Waals surface area contributed by atoms with Gasteiger partial charge in [0.2, 0.25) is 0 Å². The van der Waals surface area contributed by atoms with Crippen molar-refractivity contribution in [3.05, 3.63) is 59.2 Å². The van der Waals surface area contributed by atoms with Crippen LogP contribution in [0.3, 0.4) is 0 Å². The average molecular weight is 287 g/mol. The second-order valence-corrected chi connectivity index (χ2v) is 5.08. The van der Waals surface area contributed by atoms with Gasteiger partial charge in [0, 0.05) is 11.8 Å². The van der Waals surface area contributed by atoms with Gasteiger partial charge in [-0.05, 0) is 61.2 Å². The van der Waals surface area contributed by atoms with E-state index in [1.165, 1.54) is 12.1 Å². The average Bonchev–Trinajstić information content (AvgIpc) is 2.49. The van der Waals surface area contributed by atoms with Gasteiger partial charge in [0.15, 0.2) is 0 Å². The van der Waals surface area contributed by atoms with E-state index in [1.54, 1.807) is 19.2 Å². The van der Waals surface area contributed by atoms with Gasteiger partial charge in [0.05, 0.1) is 0 Å². The number of benzene rings is 1. The van der Waals surface area contributed by atoms with Crippen LogP contribution in [0.4, 0.5) is 8.78 Å². The highest BCUT2D eigenvalue weighted by Gasteiger charge is 2.09. The third-order valence-corrected chi connectivity index (χ3v) is 3.46. The molecule has 0 fully saturated rings. The number of hydrogen-bond acceptors (Lipinski definition) is 1. The highest BCUT2D eigenvalue weighted by molar-refractivity contribution is 5.67. The first-order chi connectivity index (χ1) is 10.1. The molecule has 0 unspecified atom stereocenters. The number of hydrogen-bond donors (Lipinski definition) is 0.